The van der Waals surface area contributed by atoms with Crippen LogP contribution in [0.3, 0.4) is 0 Å². The molecule has 2 aliphatic rings. The molecular weight excluding hydrogens is 246 g/mol. The monoisotopic (exact) mass is 271 g/mol. The van der Waals surface area contributed by atoms with E-state index < -0.39 is 0 Å². The maximum absolute atomic E-state index is 12.3. The third-order valence-corrected chi connectivity index (χ3v) is 5.38. The van der Waals surface area contributed by atoms with Crippen LogP contribution in [0.5, 0.6) is 0 Å². The number of carbonyl (C=O) groups is 1. The maximum Gasteiger partial charge on any atom is 0.222 e. The van der Waals surface area contributed by atoms with E-state index >= 15 is 0 Å². The summed E-state index contributed by atoms with van der Waals surface area (Å²) < 4.78 is 0. The van der Waals surface area contributed by atoms with Crippen LogP contribution in [0, 0.1) is 11.8 Å². The third kappa shape index (κ3) is 2.15. The molecule has 0 radical (unpaired) electrons. The van der Waals surface area contributed by atoms with Gasteiger partial charge in [-0.15, -0.1) is 0 Å². The Bertz CT molecular complexity index is 470. The van der Waals surface area contributed by atoms with Gasteiger partial charge >= 0.3 is 0 Å². The standard InChI is InChI=1S/C18H25NO/c1-3-16(20)19(4-2)18-15-11-10-14(12-15)17(18)13-8-6-5-7-9-13/h5-9,14-15,17-18H,3-4,10-12H2,1-2H3. The molecule has 1 aromatic rings. The van der Waals surface area contributed by atoms with Gasteiger partial charge in [0, 0.05) is 24.9 Å². The van der Waals surface area contributed by atoms with Crippen LogP contribution in [-0.4, -0.2) is 23.4 Å². The number of nitrogens with zero attached hydrogens (tertiary/aromatic N) is 1. The van der Waals surface area contributed by atoms with Crippen molar-refractivity contribution in [1.29, 1.82) is 0 Å². The molecule has 3 rings (SSSR count). The van der Waals surface area contributed by atoms with Crippen molar-refractivity contribution in [2.45, 2.75) is 51.5 Å². The molecule has 2 aliphatic carbocycles. The number of likely N-dealkylation sites (N-methyl/N-ethyl adjacent to an activating group) is 1. The Balaban J connectivity index is 1.93. The van der Waals surface area contributed by atoms with Crippen molar-refractivity contribution in [3.63, 3.8) is 0 Å². The molecule has 0 spiro atoms. The maximum atomic E-state index is 12.3. The molecule has 2 bridgehead atoms. The van der Waals surface area contributed by atoms with Crippen LogP contribution in [0.2, 0.25) is 0 Å². The molecule has 2 heteroatoms. The van der Waals surface area contributed by atoms with Crippen molar-refractivity contribution in [1.82, 2.24) is 4.90 Å². The van der Waals surface area contributed by atoms with Gasteiger partial charge in [-0.1, -0.05) is 37.3 Å². The zero-order chi connectivity index (χ0) is 14.1. The van der Waals surface area contributed by atoms with Crippen LogP contribution in [0.1, 0.15) is 51.0 Å². The average molecular weight is 271 g/mol. The second-order valence-electron chi connectivity index (χ2n) is 6.29. The minimum absolute atomic E-state index is 0.325. The molecule has 0 N–H and O–H groups in total. The second kappa shape index (κ2) is 5.59. The smallest absolute Gasteiger partial charge is 0.222 e. The zero-order valence-corrected chi connectivity index (χ0v) is 12.6. The fourth-order valence-electron chi connectivity index (χ4n) is 4.61. The Morgan fingerprint density at radius 3 is 2.50 bits per heavy atom. The summed E-state index contributed by atoms with van der Waals surface area (Å²) >= 11 is 0. The lowest BCUT2D eigenvalue weighted by molar-refractivity contribution is -0.134. The second-order valence-corrected chi connectivity index (χ2v) is 6.29. The largest absolute Gasteiger partial charge is 0.339 e. The van der Waals surface area contributed by atoms with Crippen LogP contribution in [0.4, 0.5) is 0 Å². The Morgan fingerprint density at radius 2 is 1.85 bits per heavy atom. The molecule has 0 aromatic heterocycles. The first-order valence-electron chi connectivity index (χ1n) is 8.10. The molecule has 2 nitrogen and oxygen atoms in total. The van der Waals surface area contributed by atoms with E-state index in [1.54, 1.807) is 0 Å². The van der Waals surface area contributed by atoms with E-state index in [1.807, 2.05) is 6.92 Å². The third-order valence-electron chi connectivity index (χ3n) is 5.38. The van der Waals surface area contributed by atoms with Crippen molar-refractivity contribution in [2.75, 3.05) is 6.54 Å². The van der Waals surface area contributed by atoms with E-state index in [2.05, 4.69) is 42.2 Å². The SMILES string of the molecule is CCC(=O)N(CC)C1C2CCC(C2)C1c1ccccc1. The number of rotatable bonds is 4. The first kappa shape index (κ1) is 13.7. The zero-order valence-electron chi connectivity index (χ0n) is 12.6. The summed E-state index contributed by atoms with van der Waals surface area (Å²) in [5.74, 6) is 2.39. The van der Waals surface area contributed by atoms with E-state index in [0.717, 1.165) is 18.4 Å². The van der Waals surface area contributed by atoms with Gasteiger partial charge in [0.05, 0.1) is 0 Å². The van der Waals surface area contributed by atoms with Gasteiger partial charge in [0.1, 0.15) is 0 Å². The quantitative estimate of drug-likeness (QED) is 0.815. The van der Waals surface area contributed by atoms with Crippen molar-refractivity contribution in [3.05, 3.63) is 35.9 Å². The highest BCUT2D eigenvalue weighted by Gasteiger charge is 2.50. The lowest BCUT2D eigenvalue weighted by Gasteiger charge is -2.39. The Labute approximate surface area is 122 Å². The fraction of sp³-hybridized carbons (Fsp3) is 0.611. The summed E-state index contributed by atoms with van der Waals surface area (Å²) in [5.41, 5.74) is 1.44. The number of hydrogen-bond donors (Lipinski definition) is 0. The van der Waals surface area contributed by atoms with Crippen molar-refractivity contribution in [2.24, 2.45) is 11.8 Å². The molecular formula is C18H25NO. The summed E-state index contributed by atoms with van der Waals surface area (Å²) in [6.45, 7) is 4.96. The van der Waals surface area contributed by atoms with Gasteiger partial charge in [-0.3, -0.25) is 4.79 Å². The summed E-state index contributed by atoms with van der Waals surface area (Å²) in [5, 5.41) is 0. The van der Waals surface area contributed by atoms with Crippen LogP contribution < -0.4 is 0 Å². The van der Waals surface area contributed by atoms with Gasteiger partial charge in [0.15, 0.2) is 0 Å². The molecule has 1 aromatic carbocycles. The van der Waals surface area contributed by atoms with E-state index in [9.17, 15) is 4.79 Å². The van der Waals surface area contributed by atoms with Gasteiger partial charge in [-0.25, -0.2) is 0 Å². The summed E-state index contributed by atoms with van der Waals surface area (Å²) in [6.07, 6.45) is 4.60. The molecule has 108 valence electrons. The molecule has 2 fully saturated rings. The van der Waals surface area contributed by atoms with Crippen LogP contribution in [0.25, 0.3) is 0 Å². The van der Waals surface area contributed by atoms with Gasteiger partial charge in [0.2, 0.25) is 5.91 Å². The number of amides is 1. The number of carbonyl (C=O) groups excluding carboxylic acids is 1. The van der Waals surface area contributed by atoms with E-state index in [0.29, 0.717) is 24.3 Å². The molecule has 0 aliphatic heterocycles. The number of hydrogen-bond acceptors (Lipinski definition) is 1. The molecule has 2 saturated carbocycles. The summed E-state index contributed by atoms with van der Waals surface area (Å²) in [6, 6.07) is 11.3. The van der Waals surface area contributed by atoms with Crippen LogP contribution >= 0.6 is 0 Å². The number of fused-ring (bicyclic) bond motifs is 2. The lowest BCUT2D eigenvalue weighted by Crippen LogP contribution is -2.46. The minimum atomic E-state index is 0.325. The minimum Gasteiger partial charge on any atom is -0.339 e. The van der Waals surface area contributed by atoms with Gasteiger partial charge in [0.25, 0.3) is 0 Å². The Hall–Kier alpha value is -1.31. The van der Waals surface area contributed by atoms with Crippen molar-refractivity contribution < 1.29 is 4.79 Å². The van der Waals surface area contributed by atoms with E-state index in [1.165, 1.54) is 24.8 Å². The fourth-order valence-corrected chi connectivity index (χ4v) is 4.61. The van der Waals surface area contributed by atoms with Crippen LogP contribution in [-0.2, 0) is 4.79 Å². The van der Waals surface area contributed by atoms with Gasteiger partial charge < -0.3 is 4.90 Å². The van der Waals surface area contributed by atoms with E-state index in [-0.39, 0.29) is 0 Å². The normalized spacial score (nSPS) is 31.5. The lowest BCUT2D eigenvalue weighted by atomic mass is 9.79. The summed E-state index contributed by atoms with van der Waals surface area (Å²) in [4.78, 5) is 14.5. The molecule has 4 atom stereocenters. The summed E-state index contributed by atoms with van der Waals surface area (Å²) in [7, 11) is 0. The first-order chi connectivity index (χ1) is 9.76. The van der Waals surface area contributed by atoms with Gasteiger partial charge in [-0.05, 0) is 43.6 Å². The average Bonchev–Trinajstić information content (AvgIpc) is 3.10. The van der Waals surface area contributed by atoms with Gasteiger partial charge in [-0.2, -0.15) is 0 Å². The Kier molecular flexibility index (Phi) is 3.82. The van der Waals surface area contributed by atoms with Crippen molar-refractivity contribution >= 4 is 5.91 Å². The molecule has 0 heterocycles. The molecule has 0 saturated heterocycles. The predicted octanol–water partition coefficient (Wildman–Crippen LogP) is 3.83. The topological polar surface area (TPSA) is 20.3 Å². The molecule has 4 unspecified atom stereocenters. The number of benzene rings is 1. The molecule has 20 heavy (non-hydrogen) atoms. The highest BCUT2D eigenvalue weighted by molar-refractivity contribution is 5.76. The van der Waals surface area contributed by atoms with E-state index in [4.69, 9.17) is 0 Å². The highest BCUT2D eigenvalue weighted by Crippen LogP contribution is 2.54. The Morgan fingerprint density at radius 1 is 1.15 bits per heavy atom. The predicted molar refractivity (Wildman–Crippen MR) is 81.5 cm³/mol. The first-order valence-corrected chi connectivity index (χ1v) is 8.10. The molecule has 1 amide bonds. The van der Waals surface area contributed by atoms with Crippen LogP contribution in [0.15, 0.2) is 30.3 Å². The van der Waals surface area contributed by atoms with Crippen molar-refractivity contribution in [3.8, 4) is 0 Å². The highest BCUT2D eigenvalue weighted by atomic mass is 16.2.